The van der Waals surface area contributed by atoms with E-state index >= 15 is 0 Å². The molecule has 0 spiro atoms. The standard InChI is InChI=1S/C18H27N3O4S.ClH/c1-19-15-8-10-21(11-9-15)18(22)14-4-6-17(7-5-14)26(23,24)20-13-16-3-2-12-25-16;/h4-7,15-16,19-20H,2-3,8-13H2,1H3;1H. The number of sulfonamides is 1. The SMILES string of the molecule is CNC1CCN(C(=O)c2ccc(S(=O)(=O)NCC3CCCO3)cc2)CC1.Cl. The second kappa shape index (κ2) is 9.84. The topological polar surface area (TPSA) is 87.7 Å². The summed E-state index contributed by atoms with van der Waals surface area (Å²) in [6.45, 7) is 2.40. The molecule has 2 heterocycles. The highest BCUT2D eigenvalue weighted by Crippen LogP contribution is 2.17. The number of nitrogens with one attached hydrogen (secondary N) is 2. The lowest BCUT2D eigenvalue weighted by Gasteiger charge is -2.31. The van der Waals surface area contributed by atoms with Gasteiger partial charge in [0.25, 0.3) is 5.91 Å². The molecule has 2 N–H and O–H groups in total. The minimum absolute atomic E-state index is 0. The fourth-order valence-corrected chi connectivity index (χ4v) is 4.49. The molecule has 7 nitrogen and oxygen atoms in total. The van der Waals surface area contributed by atoms with Gasteiger partial charge in [-0.25, -0.2) is 13.1 Å². The van der Waals surface area contributed by atoms with Gasteiger partial charge >= 0.3 is 0 Å². The smallest absolute Gasteiger partial charge is 0.253 e. The fourth-order valence-electron chi connectivity index (χ4n) is 3.42. The molecule has 0 saturated carbocycles. The summed E-state index contributed by atoms with van der Waals surface area (Å²) >= 11 is 0. The molecule has 2 fully saturated rings. The number of hydrogen-bond donors (Lipinski definition) is 2. The molecule has 0 bridgehead atoms. The highest BCUT2D eigenvalue weighted by Gasteiger charge is 2.24. The molecule has 2 aliphatic rings. The Morgan fingerprint density at radius 1 is 1.19 bits per heavy atom. The number of likely N-dealkylation sites (tertiary alicyclic amines) is 1. The highest BCUT2D eigenvalue weighted by molar-refractivity contribution is 7.89. The van der Waals surface area contributed by atoms with Crippen LogP contribution in [0.2, 0.25) is 0 Å². The van der Waals surface area contributed by atoms with Gasteiger partial charge in [0.1, 0.15) is 0 Å². The molecule has 152 valence electrons. The van der Waals surface area contributed by atoms with Crippen LogP contribution in [0.25, 0.3) is 0 Å². The average molecular weight is 418 g/mol. The first-order valence-electron chi connectivity index (χ1n) is 9.17. The van der Waals surface area contributed by atoms with Gasteiger partial charge in [0.05, 0.1) is 11.0 Å². The maximum absolute atomic E-state index is 12.6. The van der Waals surface area contributed by atoms with E-state index in [4.69, 9.17) is 4.74 Å². The molecule has 2 saturated heterocycles. The molecule has 1 unspecified atom stereocenters. The van der Waals surface area contributed by atoms with Crippen molar-refractivity contribution in [1.82, 2.24) is 14.9 Å². The van der Waals surface area contributed by atoms with E-state index in [9.17, 15) is 13.2 Å². The molecule has 2 aliphatic heterocycles. The Morgan fingerprint density at radius 3 is 2.41 bits per heavy atom. The van der Waals surface area contributed by atoms with Crippen LogP contribution in [0.1, 0.15) is 36.0 Å². The van der Waals surface area contributed by atoms with Crippen molar-refractivity contribution in [3.63, 3.8) is 0 Å². The van der Waals surface area contributed by atoms with Gasteiger partial charge in [-0.1, -0.05) is 0 Å². The lowest BCUT2D eigenvalue weighted by Crippen LogP contribution is -2.43. The minimum atomic E-state index is -3.59. The van der Waals surface area contributed by atoms with Crippen LogP contribution in [0.3, 0.4) is 0 Å². The third kappa shape index (κ3) is 5.65. The Kier molecular flexibility index (Phi) is 8.05. The number of nitrogens with zero attached hydrogens (tertiary/aromatic N) is 1. The first-order valence-corrected chi connectivity index (χ1v) is 10.7. The normalized spacial score (nSPS) is 21.1. The first-order chi connectivity index (χ1) is 12.5. The van der Waals surface area contributed by atoms with E-state index in [1.54, 1.807) is 12.1 Å². The van der Waals surface area contributed by atoms with Crippen molar-refractivity contribution < 1.29 is 17.9 Å². The van der Waals surface area contributed by atoms with Crippen molar-refractivity contribution in [1.29, 1.82) is 0 Å². The number of rotatable bonds is 6. The summed E-state index contributed by atoms with van der Waals surface area (Å²) in [7, 11) is -1.65. The largest absolute Gasteiger partial charge is 0.377 e. The third-order valence-corrected chi connectivity index (χ3v) is 6.57. The van der Waals surface area contributed by atoms with E-state index in [0.717, 1.165) is 25.7 Å². The number of carbonyl (C=O) groups excluding carboxylic acids is 1. The van der Waals surface area contributed by atoms with E-state index in [0.29, 0.717) is 31.3 Å². The highest BCUT2D eigenvalue weighted by atomic mass is 35.5. The molecule has 0 aromatic heterocycles. The predicted octanol–water partition coefficient (Wildman–Crippen LogP) is 1.39. The van der Waals surface area contributed by atoms with Gasteiger partial charge in [-0.2, -0.15) is 0 Å². The monoisotopic (exact) mass is 417 g/mol. The van der Waals surface area contributed by atoms with Crippen LogP contribution >= 0.6 is 12.4 Å². The zero-order chi connectivity index (χ0) is 18.6. The number of ether oxygens (including phenoxy) is 1. The van der Waals surface area contributed by atoms with Gasteiger partial charge in [-0.05, 0) is 57.0 Å². The molecule has 0 radical (unpaired) electrons. The van der Waals surface area contributed by atoms with Crippen LogP contribution in [0.5, 0.6) is 0 Å². The zero-order valence-electron chi connectivity index (χ0n) is 15.5. The van der Waals surface area contributed by atoms with Crippen LogP contribution < -0.4 is 10.0 Å². The Balaban J connectivity index is 0.00000261. The van der Waals surface area contributed by atoms with Gasteiger partial charge in [0.15, 0.2) is 0 Å². The molecular weight excluding hydrogens is 390 g/mol. The van der Waals surface area contributed by atoms with Gasteiger partial charge in [-0.15, -0.1) is 12.4 Å². The van der Waals surface area contributed by atoms with Crippen LogP contribution in [0.15, 0.2) is 29.2 Å². The second-order valence-electron chi connectivity index (χ2n) is 6.87. The molecule has 27 heavy (non-hydrogen) atoms. The summed E-state index contributed by atoms with van der Waals surface area (Å²) in [5.41, 5.74) is 0.519. The number of benzene rings is 1. The summed E-state index contributed by atoms with van der Waals surface area (Å²) in [6, 6.07) is 6.62. The molecule has 9 heteroatoms. The van der Waals surface area contributed by atoms with Crippen LogP contribution in [0.4, 0.5) is 0 Å². The van der Waals surface area contributed by atoms with E-state index in [2.05, 4.69) is 10.0 Å². The maximum atomic E-state index is 12.6. The zero-order valence-corrected chi connectivity index (χ0v) is 17.2. The van der Waals surface area contributed by atoms with Crippen molar-refractivity contribution in [2.24, 2.45) is 0 Å². The summed E-state index contributed by atoms with van der Waals surface area (Å²) in [5.74, 6) is -0.0455. The molecule has 1 atom stereocenters. The van der Waals surface area contributed by atoms with Crippen LogP contribution in [0, 0.1) is 0 Å². The molecular formula is C18H28ClN3O4S. The van der Waals surface area contributed by atoms with Gasteiger partial charge in [0, 0.05) is 37.8 Å². The summed E-state index contributed by atoms with van der Waals surface area (Å²) < 4.78 is 32.8. The number of amides is 1. The molecule has 3 rings (SSSR count). The Bertz CT molecular complexity index is 713. The van der Waals surface area contributed by atoms with Gasteiger partial charge < -0.3 is 15.0 Å². The van der Waals surface area contributed by atoms with Crippen molar-refractivity contribution >= 4 is 28.3 Å². The number of piperidine rings is 1. The lowest BCUT2D eigenvalue weighted by molar-refractivity contribution is 0.0707. The van der Waals surface area contributed by atoms with Crippen LogP contribution in [-0.2, 0) is 14.8 Å². The number of carbonyl (C=O) groups is 1. The molecule has 1 aromatic carbocycles. The van der Waals surface area contributed by atoms with Crippen LogP contribution in [-0.4, -0.2) is 64.7 Å². The molecule has 1 aromatic rings. The van der Waals surface area contributed by atoms with E-state index in [-0.39, 0.29) is 35.9 Å². The van der Waals surface area contributed by atoms with Crippen molar-refractivity contribution in [2.45, 2.75) is 42.7 Å². The lowest BCUT2D eigenvalue weighted by atomic mass is 10.0. The fraction of sp³-hybridized carbons (Fsp3) is 0.611. The van der Waals surface area contributed by atoms with E-state index in [1.165, 1.54) is 12.1 Å². The van der Waals surface area contributed by atoms with Gasteiger partial charge in [0.2, 0.25) is 10.0 Å². The first kappa shape index (κ1) is 22.1. The average Bonchev–Trinajstić information content (AvgIpc) is 3.20. The number of halogens is 1. The van der Waals surface area contributed by atoms with Crippen molar-refractivity contribution in [3.05, 3.63) is 29.8 Å². The third-order valence-electron chi connectivity index (χ3n) is 5.13. The maximum Gasteiger partial charge on any atom is 0.253 e. The van der Waals surface area contributed by atoms with E-state index < -0.39 is 10.0 Å². The summed E-state index contributed by atoms with van der Waals surface area (Å²) in [5, 5.41) is 3.24. The summed E-state index contributed by atoms with van der Waals surface area (Å²) in [4.78, 5) is 14.6. The van der Waals surface area contributed by atoms with E-state index in [1.807, 2.05) is 11.9 Å². The van der Waals surface area contributed by atoms with Crippen molar-refractivity contribution in [2.75, 3.05) is 33.3 Å². The Hall–Kier alpha value is -1.19. The second-order valence-corrected chi connectivity index (χ2v) is 8.63. The summed E-state index contributed by atoms with van der Waals surface area (Å²) in [6.07, 6.45) is 3.66. The number of hydrogen-bond acceptors (Lipinski definition) is 5. The predicted molar refractivity (Wildman–Crippen MR) is 106 cm³/mol. The molecule has 0 aliphatic carbocycles. The van der Waals surface area contributed by atoms with Gasteiger partial charge in [-0.3, -0.25) is 4.79 Å². The molecule has 1 amide bonds. The quantitative estimate of drug-likeness (QED) is 0.730. The van der Waals surface area contributed by atoms with Crippen molar-refractivity contribution in [3.8, 4) is 0 Å². The Labute approximate surface area is 167 Å². The Morgan fingerprint density at radius 2 is 1.85 bits per heavy atom. The minimum Gasteiger partial charge on any atom is -0.377 e.